The van der Waals surface area contributed by atoms with E-state index in [0.717, 1.165) is 6.42 Å². The molecule has 0 bridgehead atoms. The lowest BCUT2D eigenvalue weighted by atomic mass is 10.1. The number of ether oxygens (including phenoxy) is 1. The van der Waals surface area contributed by atoms with Gasteiger partial charge in [-0.15, -0.1) is 0 Å². The van der Waals surface area contributed by atoms with Gasteiger partial charge in [0.15, 0.2) is 0 Å². The normalized spacial score (nSPS) is 16.0. The van der Waals surface area contributed by atoms with Crippen molar-refractivity contribution in [3.63, 3.8) is 0 Å². The Morgan fingerprint density at radius 3 is 2.56 bits per heavy atom. The zero-order chi connectivity index (χ0) is 19.6. The molecule has 0 saturated carbocycles. The minimum atomic E-state index is -3.38. The summed E-state index contributed by atoms with van der Waals surface area (Å²) >= 11 is 12.2. The maximum absolute atomic E-state index is 12.7. The SMILES string of the molecule is COc1ccc(NC(=O)c2cc(N3CCCCS3(=O)=O)ccc2Cl)cc1Cl. The highest BCUT2D eigenvalue weighted by Crippen LogP contribution is 2.30. The number of hydrogen-bond acceptors (Lipinski definition) is 4. The molecular formula is C18H18Cl2N2O4S. The van der Waals surface area contributed by atoms with E-state index in [1.54, 1.807) is 24.3 Å². The van der Waals surface area contributed by atoms with Crippen LogP contribution < -0.4 is 14.4 Å². The molecule has 2 aromatic carbocycles. The first-order valence-corrected chi connectivity index (χ1v) is 10.6. The van der Waals surface area contributed by atoms with E-state index in [4.69, 9.17) is 27.9 Å². The summed E-state index contributed by atoms with van der Waals surface area (Å²) in [6.45, 7) is 0.388. The molecule has 1 N–H and O–H groups in total. The van der Waals surface area contributed by atoms with Crippen molar-refractivity contribution in [3.05, 3.63) is 52.0 Å². The zero-order valence-electron chi connectivity index (χ0n) is 14.5. The van der Waals surface area contributed by atoms with Gasteiger partial charge in [-0.2, -0.15) is 0 Å². The monoisotopic (exact) mass is 428 g/mol. The van der Waals surface area contributed by atoms with Crippen molar-refractivity contribution in [1.29, 1.82) is 0 Å². The smallest absolute Gasteiger partial charge is 0.257 e. The van der Waals surface area contributed by atoms with Gasteiger partial charge in [-0.25, -0.2) is 8.42 Å². The number of halogens is 2. The van der Waals surface area contributed by atoms with Crippen molar-refractivity contribution in [1.82, 2.24) is 0 Å². The minimum absolute atomic E-state index is 0.0987. The Morgan fingerprint density at radius 2 is 1.89 bits per heavy atom. The summed E-state index contributed by atoms with van der Waals surface area (Å²) in [5, 5.41) is 3.29. The Balaban J connectivity index is 1.87. The lowest BCUT2D eigenvalue weighted by Crippen LogP contribution is -2.38. The van der Waals surface area contributed by atoms with E-state index in [0.29, 0.717) is 35.1 Å². The summed E-state index contributed by atoms with van der Waals surface area (Å²) in [4.78, 5) is 12.7. The number of methoxy groups -OCH3 is 1. The predicted octanol–water partition coefficient (Wildman–Crippen LogP) is 4.18. The molecule has 27 heavy (non-hydrogen) atoms. The zero-order valence-corrected chi connectivity index (χ0v) is 16.9. The number of carbonyl (C=O) groups is 1. The number of sulfonamides is 1. The van der Waals surface area contributed by atoms with Crippen LogP contribution in [-0.4, -0.2) is 33.7 Å². The fourth-order valence-electron chi connectivity index (χ4n) is 2.86. The molecule has 1 aliphatic heterocycles. The van der Waals surface area contributed by atoms with Crippen molar-refractivity contribution in [2.45, 2.75) is 12.8 Å². The average molecular weight is 429 g/mol. The van der Waals surface area contributed by atoms with Gasteiger partial charge in [-0.05, 0) is 49.2 Å². The third kappa shape index (κ3) is 4.31. The summed E-state index contributed by atoms with van der Waals surface area (Å²) in [7, 11) is -1.88. The van der Waals surface area contributed by atoms with E-state index in [2.05, 4.69) is 5.32 Å². The van der Waals surface area contributed by atoms with Crippen LogP contribution >= 0.6 is 23.2 Å². The molecule has 0 spiro atoms. The van der Waals surface area contributed by atoms with Crippen LogP contribution in [-0.2, 0) is 10.0 Å². The molecule has 0 atom stereocenters. The van der Waals surface area contributed by atoms with Gasteiger partial charge in [0.1, 0.15) is 5.75 Å². The van der Waals surface area contributed by atoms with E-state index < -0.39 is 15.9 Å². The van der Waals surface area contributed by atoms with E-state index in [9.17, 15) is 13.2 Å². The second-order valence-electron chi connectivity index (χ2n) is 6.06. The first-order valence-electron chi connectivity index (χ1n) is 8.26. The van der Waals surface area contributed by atoms with Gasteiger partial charge >= 0.3 is 0 Å². The van der Waals surface area contributed by atoms with Gasteiger partial charge in [-0.1, -0.05) is 23.2 Å². The van der Waals surface area contributed by atoms with Gasteiger partial charge in [0.05, 0.1) is 34.2 Å². The molecule has 9 heteroatoms. The molecule has 1 saturated heterocycles. The van der Waals surface area contributed by atoms with Crippen molar-refractivity contribution < 1.29 is 17.9 Å². The van der Waals surface area contributed by atoms with Gasteiger partial charge in [0, 0.05) is 12.2 Å². The van der Waals surface area contributed by atoms with Crippen LogP contribution in [0.3, 0.4) is 0 Å². The molecule has 0 aliphatic carbocycles. The number of rotatable bonds is 4. The molecule has 1 amide bonds. The fourth-order valence-corrected chi connectivity index (χ4v) is 4.96. The molecule has 0 aromatic heterocycles. The second-order valence-corrected chi connectivity index (χ2v) is 8.89. The van der Waals surface area contributed by atoms with E-state index >= 15 is 0 Å². The lowest BCUT2D eigenvalue weighted by molar-refractivity contribution is 0.102. The Kier molecular flexibility index (Phi) is 5.83. The van der Waals surface area contributed by atoms with Gasteiger partial charge < -0.3 is 10.1 Å². The Morgan fingerprint density at radius 1 is 1.11 bits per heavy atom. The van der Waals surface area contributed by atoms with Crippen LogP contribution in [0, 0.1) is 0 Å². The van der Waals surface area contributed by atoms with Crippen LogP contribution in [0.25, 0.3) is 0 Å². The number of nitrogens with one attached hydrogen (secondary N) is 1. The largest absolute Gasteiger partial charge is 0.495 e. The van der Waals surface area contributed by atoms with Crippen molar-refractivity contribution in [2.24, 2.45) is 0 Å². The maximum atomic E-state index is 12.7. The van der Waals surface area contributed by atoms with Crippen molar-refractivity contribution >= 4 is 50.5 Å². The van der Waals surface area contributed by atoms with E-state index in [-0.39, 0.29) is 16.3 Å². The standard InChI is InChI=1S/C18H18Cl2N2O4S/c1-26-17-7-4-12(10-16(17)20)21-18(23)14-11-13(5-6-15(14)19)22-8-2-3-9-27(22,24)25/h4-7,10-11H,2-3,8-9H2,1H3,(H,21,23). The fraction of sp³-hybridized carbons (Fsp3) is 0.278. The molecule has 0 radical (unpaired) electrons. The highest BCUT2D eigenvalue weighted by atomic mass is 35.5. The summed E-state index contributed by atoms with van der Waals surface area (Å²) in [6.07, 6.45) is 1.41. The first kappa shape index (κ1) is 19.8. The average Bonchev–Trinajstić information content (AvgIpc) is 2.62. The minimum Gasteiger partial charge on any atom is -0.495 e. The van der Waals surface area contributed by atoms with Crippen LogP contribution in [0.4, 0.5) is 11.4 Å². The number of carbonyl (C=O) groups excluding carboxylic acids is 1. The van der Waals surface area contributed by atoms with E-state index in [1.807, 2.05) is 0 Å². The van der Waals surface area contributed by atoms with Crippen LogP contribution in [0.1, 0.15) is 23.2 Å². The number of benzene rings is 2. The number of nitrogens with zero attached hydrogens (tertiary/aromatic N) is 1. The Labute approximate surface area is 168 Å². The maximum Gasteiger partial charge on any atom is 0.257 e. The van der Waals surface area contributed by atoms with E-state index in [1.165, 1.54) is 23.5 Å². The molecule has 1 fully saturated rings. The lowest BCUT2D eigenvalue weighted by Gasteiger charge is -2.28. The molecule has 2 aromatic rings. The third-order valence-electron chi connectivity index (χ3n) is 4.24. The number of amides is 1. The topological polar surface area (TPSA) is 75.7 Å². The first-order chi connectivity index (χ1) is 12.8. The van der Waals surface area contributed by atoms with Gasteiger partial charge in [0.2, 0.25) is 10.0 Å². The molecular weight excluding hydrogens is 411 g/mol. The quantitative estimate of drug-likeness (QED) is 0.791. The summed E-state index contributed by atoms with van der Waals surface area (Å²) in [5.74, 6) is 0.129. The summed E-state index contributed by atoms with van der Waals surface area (Å²) in [6, 6.07) is 9.46. The molecule has 6 nitrogen and oxygen atoms in total. The van der Waals surface area contributed by atoms with Gasteiger partial charge in [0.25, 0.3) is 5.91 Å². The molecule has 144 valence electrons. The van der Waals surface area contributed by atoms with Gasteiger partial charge in [-0.3, -0.25) is 9.10 Å². The Bertz CT molecular complexity index is 979. The van der Waals surface area contributed by atoms with Crippen LogP contribution in [0.2, 0.25) is 10.0 Å². The number of hydrogen-bond donors (Lipinski definition) is 1. The van der Waals surface area contributed by atoms with Crippen molar-refractivity contribution in [2.75, 3.05) is 29.0 Å². The summed E-state index contributed by atoms with van der Waals surface area (Å²) < 4.78 is 31.0. The van der Waals surface area contributed by atoms with Crippen LogP contribution in [0.15, 0.2) is 36.4 Å². The Hall–Kier alpha value is -1.96. The molecule has 3 rings (SSSR count). The molecule has 1 heterocycles. The second kappa shape index (κ2) is 7.96. The molecule has 1 aliphatic rings. The number of anilines is 2. The van der Waals surface area contributed by atoms with Crippen LogP contribution in [0.5, 0.6) is 5.75 Å². The highest BCUT2D eigenvalue weighted by molar-refractivity contribution is 7.92. The third-order valence-corrected chi connectivity index (χ3v) is 6.74. The summed E-state index contributed by atoms with van der Waals surface area (Å²) in [5.41, 5.74) is 1.08. The highest BCUT2D eigenvalue weighted by Gasteiger charge is 2.27. The molecule has 0 unspecified atom stereocenters. The van der Waals surface area contributed by atoms with Crippen molar-refractivity contribution in [3.8, 4) is 5.75 Å². The predicted molar refractivity (Wildman–Crippen MR) is 108 cm³/mol.